The monoisotopic (exact) mass is 315 g/mol. The maximum atomic E-state index is 5.28. The van der Waals surface area contributed by atoms with Gasteiger partial charge in [-0.3, -0.25) is 0 Å². The van der Waals surface area contributed by atoms with E-state index < -0.39 is 0 Å². The molecule has 2 atom stereocenters. The average Bonchev–Trinajstić information content (AvgIpc) is 2.95. The van der Waals surface area contributed by atoms with Crippen molar-refractivity contribution in [2.24, 2.45) is 0 Å². The first-order chi connectivity index (χ1) is 10.1. The van der Waals surface area contributed by atoms with E-state index in [9.17, 15) is 0 Å². The highest BCUT2D eigenvalue weighted by Gasteiger charge is 2.19. The van der Waals surface area contributed by atoms with Crippen LogP contribution in [-0.4, -0.2) is 51.5 Å². The van der Waals surface area contributed by atoms with Crippen molar-refractivity contribution < 1.29 is 9.47 Å². The van der Waals surface area contributed by atoms with Crippen LogP contribution in [0.1, 0.15) is 38.1 Å². The molecule has 0 radical (unpaired) electrons. The molecule has 0 aliphatic rings. The quantitative estimate of drug-likeness (QED) is 0.680. The van der Waals surface area contributed by atoms with E-state index >= 15 is 0 Å². The average molecular weight is 315 g/mol. The Kier molecular flexibility index (Phi) is 8.84. The largest absolute Gasteiger partial charge is 0.383 e. The molecule has 1 aromatic rings. The van der Waals surface area contributed by atoms with Gasteiger partial charge in [-0.1, -0.05) is 6.92 Å². The maximum Gasteiger partial charge on any atom is 0.185 e. The fourth-order valence-electron chi connectivity index (χ4n) is 2.10. The van der Waals surface area contributed by atoms with Crippen LogP contribution in [0.3, 0.4) is 0 Å². The zero-order valence-electron chi connectivity index (χ0n) is 13.9. The van der Waals surface area contributed by atoms with E-state index in [1.165, 1.54) is 4.88 Å². The molecule has 2 unspecified atom stereocenters. The minimum atomic E-state index is 0.281. The van der Waals surface area contributed by atoms with Crippen LogP contribution in [0.2, 0.25) is 0 Å². The van der Waals surface area contributed by atoms with Gasteiger partial charge < -0.3 is 19.7 Å². The van der Waals surface area contributed by atoms with Gasteiger partial charge >= 0.3 is 0 Å². The SMILES string of the molecule is CCCNC(C)c1cnc(N(CCOC)C(C)COC)s1. The van der Waals surface area contributed by atoms with Crippen LogP contribution in [0.4, 0.5) is 5.13 Å². The van der Waals surface area contributed by atoms with Crippen molar-refractivity contribution in [3.8, 4) is 0 Å². The van der Waals surface area contributed by atoms with Gasteiger partial charge in [-0.05, 0) is 26.8 Å². The first kappa shape index (κ1) is 18.4. The number of rotatable bonds is 11. The number of nitrogens with one attached hydrogen (secondary N) is 1. The third kappa shape index (κ3) is 5.90. The summed E-state index contributed by atoms with van der Waals surface area (Å²) in [6.07, 6.45) is 3.12. The lowest BCUT2D eigenvalue weighted by Crippen LogP contribution is -2.38. The van der Waals surface area contributed by atoms with Gasteiger partial charge in [-0.25, -0.2) is 4.98 Å². The molecule has 0 bridgehead atoms. The van der Waals surface area contributed by atoms with Crippen molar-refractivity contribution in [2.75, 3.05) is 45.4 Å². The van der Waals surface area contributed by atoms with Gasteiger partial charge in [0.05, 0.1) is 19.3 Å². The summed E-state index contributed by atoms with van der Waals surface area (Å²) in [7, 11) is 3.46. The lowest BCUT2D eigenvalue weighted by atomic mass is 10.3. The Hall–Kier alpha value is -0.690. The summed E-state index contributed by atoms with van der Waals surface area (Å²) >= 11 is 1.75. The van der Waals surface area contributed by atoms with Crippen molar-refractivity contribution in [2.45, 2.75) is 39.3 Å². The predicted molar refractivity (Wildman–Crippen MR) is 89.4 cm³/mol. The summed E-state index contributed by atoms with van der Waals surface area (Å²) in [6.45, 7) is 9.74. The first-order valence-electron chi connectivity index (χ1n) is 7.57. The molecule has 1 heterocycles. The van der Waals surface area contributed by atoms with Gasteiger partial charge in [0.25, 0.3) is 0 Å². The van der Waals surface area contributed by atoms with Gasteiger partial charge in [0, 0.05) is 37.9 Å². The molecule has 122 valence electrons. The van der Waals surface area contributed by atoms with Gasteiger partial charge in [0.15, 0.2) is 5.13 Å². The molecular weight excluding hydrogens is 286 g/mol. The summed E-state index contributed by atoms with van der Waals surface area (Å²) in [5.74, 6) is 0. The molecule has 1 rings (SSSR count). The molecule has 0 saturated heterocycles. The van der Waals surface area contributed by atoms with Gasteiger partial charge in [-0.15, -0.1) is 11.3 Å². The van der Waals surface area contributed by atoms with Crippen molar-refractivity contribution in [1.29, 1.82) is 0 Å². The second kappa shape index (κ2) is 10.1. The molecule has 5 nitrogen and oxygen atoms in total. The summed E-state index contributed by atoms with van der Waals surface area (Å²) in [5, 5.41) is 4.54. The van der Waals surface area contributed by atoms with E-state index in [1.807, 2.05) is 6.20 Å². The highest BCUT2D eigenvalue weighted by atomic mass is 32.1. The van der Waals surface area contributed by atoms with E-state index in [0.717, 1.165) is 24.6 Å². The van der Waals surface area contributed by atoms with Gasteiger partial charge in [0.1, 0.15) is 0 Å². The Morgan fingerprint density at radius 3 is 2.71 bits per heavy atom. The maximum absolute atomic E-state index is 5.28. The van der Waals surface area contributed by atoms with Crippen LogP contribution in [0.25, 0.3) is 0 Å². The molecule has 0 spiro atoms. The number of nitrogens with zero attached hydrogens (tertiary/aromatic N) is 2. The second-order valence-corrected chi connectivity index (χ2v) is 6.25. The van der Waals surface area contributed by atoms with E-state index in [-0.39, 0.29) is 6.04 Å². The minimum absolute atomic E-state index is 0.281. The van der Waals surface area contributed by atoms with Crippen LogP contribution < -0.4 is 10.2 Å². The number of ether oxygens (including phenoxy) is 2. The smallest absolute Gasteiger partial charge is 0.185 e. The first-order valence-corrected chi connectivity index (χ1v) is 8.39. The van der Waals surface area contributed by atoms with Crippen LogP contribution in [-0.2, 0) is 9.47 Å². The molecule has 0 aliphatic carbocycles. The lowest BCUT2D eigenvalue weighted by molar-refractivity contribution is 0.171. The molecule has 21 heavy (non-hydrogen) atoms. The molecule has 0 saturated carbocycles. The second-order valence-electron chi connectivity index (χ2n) is 5.21. The number of methoxy groups -OCH3 is 2. The molecule has 1 aromatic heterocycles. The fourth-order valence-corrected chi connectivity index (χ4v) is 3.17. The van der Waals surface area contributed by atoms with Crippen molar-refractivity contribution in [3.05, 3.63) is 11.1 Å². The normalized spacial score (nSPS) is 14.1. The highest BCUT2D eigenvalue weighted by Crippen LogP contribution is 2.28. The minimum Gasteiger partial charge on any atom is -0.383 e. The molecule has 6 heteroatoms. The Morgan fingerprint density at radius 2 is 2.10 bits per heavy atom. The van der Waals surface area contributed by atoms with Crippen molar-refractivity contribution in [3.63, 3.8) is 0 Å². The van der Waals surface area contributed by atoms with Crippen LogP contribution in [0.5, 0.6) is 0 Å². The number of hydrogen-bond acceptors (Lipinski definition) is 6. The molecule has 0 amide bonds. The number of anilines is 1. The Morgan fingerprint density at radius 1 is 1.33 bits per heavy atom. The summed E-state index contributed by atoms with van der Waals surface area (Å²) < 4.78 is 10.5. The van der Waals surface area contributed by atoms with Crippen molar-refractivity contribution >= 4 is 16.5 Å². The zero-order chi connectivity index (χ0) is 15.7. The molecular formula is C15H29N3O2S. The third-order valence-corrected chi connectivity index (χ3v) is 4.58. The number of thiazole rings is 1. The standard InChI is InChI=1S/C15H29N3O2S/c1-6-7-16-13(3)14-10-17-15(21-14)18(8-9-19-4)12(2)11-20-5/h10,12-13,16H,6-9,11H2,1-5H3. The van der Waals surface area contributed by atoms with Crippen LogP contribution >= 0.6 is 11.3 Å². The fraction of sp³-hybridized carbons (Fsp3) is 0.800. The molecule has 0 fully saturated rings. The Labute approximate surface area is 132 Å². The topological polar surface area (TPSA) is 46.6 Å². The molecule has 0 aromatic carbocycles. The van der Waals surface area contributed by atoms with Gasteiger partial charge in [0.2, 0.25) is 0 Å². The Balaban J connectivity index is 2.75. The van der Waals surface area contributed by atoms with E-state index in [0.29, 0.717) is 19.3 Å². The highest BCUT2D eigenvalue weighted by molar-refractivity contribution is 7.15. The van der Waals surface area contributed by atoms with Crippen LogP contribution in [0, 0.1) is 0 Å². The summed E-state index contributed by atoms with van der Waals surface area (Å²) in [4.78, 5) is 8.12. The third-order valence-electron chi connectivity index (χ3n) is 3.36. The van der Waals surface area contributed by atoms with E-state index in [4.69, 9.17) is 9.47 Å². The zero-order valence-corrected chi connectivity index (χ0v) is 14.7. The predicted octanol–water partition coefficient (Wildman–Crippen LogP) is 2.69. The number of hydrogen-bond donors (Lipinski definition) is 1. The van der Waals surface area contributed by atoms with Gasteiger partial charge in [-0.2, -0.15) is 0 Å². The Bertz CT molecular complexity index is 387. The van der Waals surface area contributed by atoms with E-state index in [1.54, 1.807) is 25.6 Å². The lowest BCUT2D eigenvalue weighted by Gasteiger charge is -2.28. The summed E-state index contributed by atoms with van der Waals surface area (Å²) in [5.41, 5.74) is 0. The van der Waals surface area contributed by atoms with E-state index in [2.05, 4.69) is 36.0 Å². The van der Waals surface area contributed by atoms with Crippen LogP contribution in [0.15, 0.2) is 6.20 Å². The van der Waals surface area contributed by atoms with Crippen molar-refractivity contribution in [1.82, 2.24) is 10.3 Å². The number of aromatic nitrogens is 1. The summed E-state index contributed by atoms with van der Waals surface area (Å²) in [6, 6.07) is 0.626. The molecule has 1 N–H and O–H groups in total. The molecule has 0 aliphatic heterocycles.